The lowest BCUT2D eigenvalue weighted by Crippen LogP contribution is -2.59. The monoisotopic (exact) mass is 252 g/mol. The minimum atomic E-state index is -1.59. The molecule has 0 aromatic rings. The third-order valence-electron chi connectivity index (χ3n) is 2.53. The number of aliphatic carboxylic acids is 1. The SMILES string of the molecule is C[C@@H](O[C@H]1OC(CO)[C@@H](O)C(O)C1O)C(=O)O. The molecule has 100 valence electrons. The Morgan fingerprint density at radius 2 is 1.88 bits per heavy atom. The van der Waals surface area contributed by atoms with Crippen LogP contribution in [0.4, 0.5) is 0 Å². The molecule has 0 spiro atoms. The van der Waals surface area contributed by atoms with Crippen LogP contribution in [0, 0.1) is 0 Å². The maximum atomic E-state index is 10.6. The highest BCUT2D eigenvalue weighted by Gasteiger charge is 2.44. The van der Waals surface area contributed by atoms with E-state index in [1.807, 2.05) is 0 Å². The van der Waals surface area contributed by atoms with Crippen molar-refractivity contribution in [1.29, 1.82) is 0 Å². The maximum Gasteiger partial charge on any atom is 0.332 e. The summed E-state index contributed by atoms with van der Waals surface area (Å²) in [6.45, 7) is 0.635. The lowest BCUT2D eigenvalue weighted by molar-refractivity contribution is -0.308. The van der Waals surface area contributed by atoms with Crippen molar-refractivity contribution in [3.8, 4) is 0 Å². The molecule has 1 aliphatic rings. The average molecular weight is 252 g/mol. The molecule has 3 unspecified atom stereocenters. The molecular weight excluding hydrogens is 236 g/mol. The number of aliphatic hydroxyl groups excluding tert-OH is 4. The fourth-order valence-electron chi connectivity index (χ4n) is 1.44. The summed E-state index contributed by atoms with van der Waals surface area (Å²) in [4.78, 5) is 10.6. The van der Waals surface area contributed by atoms with Crippen LogP contribution in [0.25, 0.3) is 0 Å². The van der Waals surface area contributed by atoms with Crippen LogP contribution in [0.2, 0.25) is 0 Å². The van der Waals surface area contributed by atoms with Gasteiger partial charge >= 0.3 is 5.97 Å². The Labute approximate surface area is 97.0 Å². The second-order valence-corrected chi connectivity index (χ2v) is 3.81. The van der Waals surface area contributed by atoms with Gasteiger partial charge in [0.25, 0.3) is 0 Å². The van der Waals surface area contributed by atoms with Crippen LogP contribution in [-0.4, -0.2) is 74.9 Å². The van der Waals surface area contributed by atoms with Gasteiger partial charge in [-0.3, -0.25) is 0 Å². The van der Waals surface area contributed by atoms with Crippen molar-refractivity contribution < 1.29 is 39.8 Å². The quantitative estimate of drug-likeness (QED) is 0.364. The summed E-state index contributed by atoms with van der Waals surface area (Å²) in [5.41, 5.74) is 0. The molecule has 0 amide bonds. The fourth-order valence-corrected chi connectivity index (χ4v) is 1.44. The lowest BCUT2D eigenvalue weighted by Gasteiger charge is -2.40. The van der Waals surface area contributed by atoms with E-state index in [9.17, 15) is 20.1 Å². The molecule has 1 heterocycles. The van der Waals surface area contributed by atoms with Crippen LogP contribution >= 0.6 is 0 Å². The Balaban J connectivity index is 2.68. The Kier molecular flexibility index (Phi) is 4.80. The van der Waals surface area contributed by atoms with Gasteiger partial charge in [0.05, 0.1) is 6.61 Å². The Bertz CT molecular complexity index is 268. The van der Waals surface area contributed by atoms with Crippen molar-refractivity contribution in [2.45, 2.75) is 43.7 Å². The lowest BCUT2D eigenvalue weighted by atomic mass is 9.99. The average Bonchev–Trinajstić information content (AvgIpc) is 2.29. The summed E-state index contributed by atoms with van der Waals surface area (Å²) < 4.78 is 9.82. The number of carboxylic acid groups (broad SMARTS) is 1. The van der Waals surface area contributed by atoms with Crippen LogP contribution in [0.3, 0.4) is 0 Å². The maximum absolute atomic E-state index is 10.6. The van der Waals surface area contributed by atoms with Crippen molar-refractivity contribution in [3.05, 3.63) is 0 Å². The summed E-state index contributed by atoms with van der Waals surface area (Å²) in [6, 6.07) is 0. The molecule has 8 heteroatoms. The number of rotatable bonds is 4. The molecular formula is C9H16O8. The van der Waals surface area contributed by atoms with E-state index >= 15 is 0 Å². The molecule has 0 radical (unpaired) electrons. The first-order valence-corrected chi connectivity index (χ1v) is 5.07. The largest absolute Gasteiger partial charge is 0.479 e. The van der Waals surface area contributed by atoms with Crippen LogP contribution in [0.1, 0.15) is 6.92 Å². The second-order valence-electron chi connectivity index (χ2n) is 3.81. The molecule has 1 aliphatic heterocycles. The third kappa shape index (κ3) is 3.12. The van der Waals surface area contributed by atoms with Crippen molar-refractivity contribution in [3.63, 3.8) is 0 Å². The zero-order chi connectivity index (χ0) is 13.2. The van der Waals surface area contributed by atoms with E-state index in [4.69, 9.17) is 19.7 Å². The second kappa shape index (κ2) is 5.71. The molecule has 1 rings (SSSR count). The highest BCUT2D eigenvalue weighted by Crippen LogP contribution is 2.22. The minimum absolute atomic E-state index is 0.591. The van der Waals surface area contributed by atoms with E-state index in [1.54, 1.807) is 0 Å². The molecule has 6 atom stereocenters. The van der Waals surface area contributed by atoms with Gasteiger partial charge in [-0.15, -0.1) is 0 Å². The molecule has 0 bridgehead atoms. The summed E-state index contributed by atoms with van der Waals surface area (Å²) in [6.07, 6.45) is -8.44. The molecule has 8 nitrogen and oxygen atoms in total. The Morgan fingerprint density at radius 1 is 1.29 bits per heavy atom. The predicted octanol–water partition coefficient (Wildman–Crippen LogP) is -2.72. The van der Waals surface area contributed by atoms with Gasteiger partial charge in [-0.2, -0.15) is 0 Å². The van der Waals surface area contributed by atoms with Gasteiger partial charge in [-0.25, -0.2) is 4.79 Å². The normalized spacial score (nSPS) is 39.9. The van der Waals surface area contributed by atoms with Gasteiger partial charge in [0.2, 0.25) is 0 Å². The molecule has 0 aromatic carbocycles. The number of ether oxygens (including phenoxy) is 2. The van der Waals surface area contributed by atoms with Gasteiger partial charge in [0.1, 0.15) is 24.4 Å². The third-order valence-corrected chi connectivity index (χ3v) is 2.53. The van der Waals surface area contributed by atoms with E-state index in [2.05, 4.69) is 0 Å². The molecule has 0 saturated carbocycles. The molecule has 0 aromatic heterocycles. The van der Waals surface area contributed by atoms with E-state index in [-0.39, 0.29) is 0 Å². The minimum Gasteiger partial charge on any atom is -0.479 e. The fraction of sp³-hybridized carbons (Fsp3) is 0.889. The topological polar surface area (TPSA) is 137 Å². The molecule has 0 aliphatic carbocycles. The van der Waals surface area contributed by atoms with Gasteiger partial charge in [0.15, 0.2) is 12.4 Å². The zero-order valence-electron chi connectivity index (χ0n) is 9.13. The van der Waals surface area contributed by atoms with Gasteiger partial charge < -0.3 is 35.0 Å². The van der Waals surface area contributed by atoms with Crippen molar-refractivity contribution >= 4 is 5.97 Å². The number of aliphatic hydroxyl groups is 4. The first kappa shape index (κ1) is 14.3. The summed E-state index contributed by atoms with van der Waals surface area (Å²) >= 11 is 0. The summed E-state index contributed by atoms with van der Waals surface area (Å²) in [5, 5.41) is 45.9. The number of hydrogen-bond donors (Lipinski definition) is 5. The van der Waals surface area contributed by atoms with Crippen molar-refractivity contribution in [2.75, 3.05) is 6.61 Å². The molecule has 1 fully saturated rings. The van der Waals surface area contributed by atoms with Crippen molar-refractivity contribution in [2.24, 2.45) is 0 Å². The first-order chi connectivity index (χ1) is 7.88. The predicted molar refractivity (Wildman–Crippen MR) is 52.0 cm³/mol. The molecule has 1 saturated heterocycles. The number of carbonyl (C=O) groups is 1. The van der Waals surface area contributed by atoms with E-state index in [0.29, 0.717) is 0 Å². The smallest absolute Gasteiger partial charge is 0.332 e. The number of hydrogen-bond acceptors (Lipinski definition) is 7. The van der Waals surface area contributed by atoms with Gasteiger partial charge in [-0.1, -0.05) is 0 Å². The van der Waals surface area contributed by atoms with E-state index in [1.165, 1.54) is 6.92 Å². The highest BCUT2D eigenvalue weighted by molar-refractivity contribution is 5.71. The zero-order valence-corrected chi connectivity index (χ0v) is 9.13. The standard InChI is InChI=1S/C9H16O8/c1-3(8(14)15)16-9-7(13)6(12)5(11)4(2-10)17-9/h3-7,9-13H,2H2,1H3,(H,14,15)/t3-,4?,5-,6?,7?,9+/m1/s1. The number of carboxylic acids is 1. The molecule has 17 heavy (non-hydrogen) atoms. The van der Waals surface area contributed by atoms with E-state index in [0.717, 1.165) is 0 Å². The summed E-state index contributed by atoms with van der Waals surface area (Å²) in [5.74, 6) is -1.26. The van der Waals surface area contributed by atoms with Gasteiger partial charge in [0, 0.05) is 0 Å². The van der Waals surface area contributed by atoms with Crippen LogP contribution in [-0.2, 0) is 14.3 Å². The van der Waals surface area contributed by atoms with Crippen LogP contribution in [0.5, 0.6) is 0 Å². The van der Waals surface area contributed by atoms with Crippen LogP contribution < -0.4 is 0 Å². The first-order valence-electron chi connectivity index (χ1n) is 5.07. The summed E-state index contributed by atoms with van der Waals surface area (Å²) in [7, 11) is 0. The highest BCUT2D eigenvalue weighted by atomic mass is 16.7. The molecule has 5 N–H and O–H groups in total. The van der Waals surface area contributed by atoms with Crippen molar-refractivity contribution in [1.82, 2.24) is 0 Å². The van der Waals surface area contributed by atoms with Gasteiger partial charge in [-0.05, 0) is 6.92 Å². The Morgan fingerprint density at radius 3 is 2.35 bits per heavy atom. The van der Waals surface area contributed by atoms with E-state index < -0.39 is 49.4 Å². The Hall–Kier alpha value is -0.770. The van der Waals surface area contributed by atoms with Crippen LogP contribution in [0.15, 0.2) is 0 Å².